The van der Waals surface area contributed by atoms with Crippen LogP contribution in [0, 0.1) is 5.82 Å². The second kappa shape index (κ2) is 4.74. The van der Waals surface area contributed by atoms with Crippen LogP contribution in [-0.4, -0.2) is 17.1 Å². The molecular weight excluding hydrogens is 254 g/mol. The van der Waals surface area contributed by atoms with Gasteiger partial charge in [-0.05, 0) is 19.9 Å². The van der Waals surface area contributed by atoms with Gasteiger partial charge in [-0.2, -0.15) is 0 Å². The van der Waals surface area contributed by atoms with Gasteiger partial charge in [-0.25, -0.2) is 4.39 Å². The number of aliphatic hydroxyl groups is 1. The van der Waals surface area contributed by atoms with E-state index in [-0.39, 0.29) is 5.56 Å². The van der Waals surface area contributed by atoms with E-state index in [1.54, 1.807) is 0 Å². The molecule has 0 aromatic heterocycles. The Hall–Kier alpha value is -1.34. The zero-order valence-electron chi connectivity index (χ0n) is 9.75. The second-order valence-corrected chi connectivity index (χ2v) is 4.36. The largest absolute Gasteiger partial charge is 0.573 e. The predicted octanol–water partition coefficient (Wildman–Crippen LogP) is 2.50. The highest BCUT2D eigenvalue weighted by atomic mass is 19.4. The highest BCUT2D eigenvalue weighted by Crippen LogP contribution is 2.29. The Bertz CT molecular complexity index is 426. The van der Waals surface area contributed by atoms with Gasteiger partial charge in [0.05, 0.1) is 11.6 Å². The molecule has 3 N–H and O–H groups in total. The lowest BCUT2D eigenvalue weighted by Crippen LogP contribution is -2.35. The summed E-state index contributed by atoms with van der Waals surface area (Å²) in [7, 11) is 0. The molecule has 0 bridgehead atoms. The van der Waals surface area contributed by atoms with E-state index in [1.165, 1.54) is 13.8 Å². The maximum absolute atomic E-state index is 13.6. The third-order valence-electron chi connectivity index (χ3n) is 2.30. The molecule has 18 heavy (non-hydrogen) atoms. The number of nitrogens with two attached hydrogens (primary N) is 1. The standard InChI is InChI=1S/C11H13F4NO2/c1-10(2,17)9(16)7-4-3-6(5-8(7)12)18-11(13,14)15/h3-5,9,17H,16H2,1-2H3/t9-/m0/s1. The molecule has 0 fully saturated rings. The Balaban J connectivity index is 3.00. The Kier molecular flexibility index (Phi) is 3.87. The highest BCUT2D eigenvalue weighted by Gasteiger charge is 2.32. The van der Waals surface area contributed by atoms with Crippen molar-refractivity contribution < 1.29 is 27.4 Å². The molecule has 0 unspecified atom stereocenters. The minimum Gasteiger partial charge on any atom is -0.406 e. The van der Waals surface area contributed by atoms with Gasteiger partial charge in [-0.15, -0.1) is 13.2 Å². The number of benzene rings is 1. The Labute approximate surface area is 101 Å². The number of hydrogen-bond acceptors (Lipinski definition) is 3. The van der Waals surface area contributed by atoms with Gasteiger partial charge >= 0.3 is 6.36 Å². The zero-order chi connectivity index (χ0) is 14.1. The van der Waals surface area contributed by atoms with Crippen LogP contribution < -0.4 is 10.5 Å². The van der Waals surface area contributed by atoms with Gasteiger partial charge in [0.2, 0.25) is 0 Å². The first-order valence-electron chi connectivity index (χ1n) is 5.04. The maximum atomic E-state index is 13.6. The van der Waals surface area contributed by atoms with Crippen molar-refractivity contribution >= 4 is 0 Å². The summed E-state index contributed by atoms with van der Waals surface area (Å²) in [6.07, 6.45) is -4.88. The lowest BCUT2D eigenvalue weighted by atomic mass is 9.92. The van der Waals surface area contributed by atoms with Gasteiger partial charge in [0.15, 0.2) is 0 Å². The average molecular weight is 267 g/mol. The Morgan fingerprint density at radius 1 is 1.28 bits per heavy atom. The predicted molar refractivity (Wildman–Crippen MR) is 56.3 cm³/mol. The van der Waals surface area contributed by atoms with Crippen molar-refractivity contribution in [3.63, 3.8) is 0 Å². The van der Waals surface area contributed by atoms with Crippen LogP contribution in [-0.2, 0) is 0 Å². The molecule has 7 heteroatoms. The first kappa shape index (κ1) is 14.7. The average Bonchev–Trinajstić information content (AvgIpc) is 2.12. The van der Waals surface area contributed by atoms with E-state index in [1.807, 2.05) is 0 Å². The fourth-order valence-electron chi connectivity index (χ4n) is 1.34. The third-order valence-corrected chi connectivity index (χ3v) is 2.30. The van der Waals surface area contributed by atoms with Crippen LogP contribution in [0.2, 0.25) is 0 Å². The molecule has 102 valence electrons. The quantitative estimate of drug-likeness (QED) is 0.827. The van der Waals surface area contributed by atoms with E-state index in [2.05, 4.69) is 4.74 Å². The van der Waals surface area contributed by atoms with Crippen molar-refractivity contribution in [3.05, 3.63) is 29.6 Å². The molecule has 1 aromatic carbocycles. The topological polar surface area (TPSA) is 55.5 Å². The number of ether oxygens (including phenoxy) is 1. The van der Waals surface area contributed by atoms with Gasteiger partial charge in [-0.3, -0.25) is 0 Å². The number of alkyl halides is 3. The summed E-state index contributed by atoms with van der Waals surface area (Å²) in [6, 6.07) is 1.52. The van der Waals surface area contributed by atoms with Gasteiger partial charge in [-0.1, -0.05) is 6.07 Å². The monoisotopic (exact) mass is 267 g/mol. The molecule has 0 spiro atoms. The van der Waals surface area contributed by atoms with Crippen LogP contribution in [0.15, 0.2) is 18.2 Å². The van der Waals surface area contributed by atoms with E-state index >= 15 is 0 Å². The number of hydrogen-bond donors (Lipinski definition) is 2. The lowest BCUT2D eigenvalue weighted by molar-refractivity contribution is -0.274. The van der Waals surface area contributed by atoms with Gasteiger partial charge in [0, 0.05) is 11.6 Å². The van der Waals surface area contributed by atoms with Crippen molar-refractivity contribution in [1.82, 2.24) is 0 Å². The van der Waals surface area contributed by atoms with Crippen molar-refractivity contribution in [2.75, 3.05) is 0 Å². The molecule has 3 nitrogen and oxygen atoms in total. The van der Waals surface area contributed by atoms with Crippen molar-refractivity contribution in [2.24, 2.45) is 5.73 Å². The molecule has 0 amide bonds. The summed E-state index contributed by atoms with van der Waals surface area (Å²) in [5.74, 6) is -1.64. The fourth-order valence-corrected chi connectivity index (χ4v) is 1.34. The second-order valence-electron chi connectivity index (χ2n) is 4.36. The minimum atomic E-state index is -4.88. The van der Waals surface area contributed by atoms with Crippen LogP contribution in [0.4, 0.5) is 17.6 Å². The zero-order valence-corrected chi connectivity index (χ0v) is 9.75. The van der Waals surface area contributed by atoms with Crippen LogP contribution >= 0.6 is 0 Å². The van der Waals surface area contributed by atoms with E-state index in [9.17, 15) is 22.7 Å². The number of rotatable bonds is 3. The minimum absolute atomic E-state index is 0.0861. The van der Waals surface area contributed by atoms with E-state index in [0.29, 0.717) is 6.07 Å². The molecule has 0 heterocycles. The van der Waals surface area contributed by atoms with Gasteiger partial charge in [0.1, 0.15) is 11.6 Å². The molecule has 0 saturated carbocycles. The molecule has 1 aromatic rings. The van der Waals surface area contributed by atoms with Crippen LogP contribution in [0.5, 0.6) is 5.75 Å². The molecule has 0 aliphatic rings. The Morgan fingerprint density at radius 3 is 2.22 bits per heavy atom. The fraction of sp³-hybridized carbons (Fsp3) is 0.455. The SMILES string of the molecule is CC(C)(O)[C@@H](N)c1ccc(OC(F)(F)F)cc1F. The van der Waals surface area contributed by atoms with Crippen molar-refractivity contribution in [1.29, 1.82) is 0 Å². The Morgan fingerprint density at radius 2 is 1.83 bits per heavy atom. The lowest BCUT2D eigenvalue weighted by Gasteiger charge is -2.26. The van der Waals surface area contributed by atoms with E-state index in [0.717, 1.165) is 12.1 Å². The maximum Gasteiger partial charge on any atom is 0.573 e. The molecule has 0 saturated heterocycles. The van der Waals surface area contributed by atoms with Crippen LogP contribution in [0.25, 0.3) is 0 Å². The van der Waals surface area contributed by atoms with Crippen LogP contribution in [0.3, 0.4) is 0 Å². The van der Waals surface area contributed by atoms with Crippen molar-refractivity contribution in [2.45, 2.75) is 31.9 Å². The molecule has 0 radical (unpaired) electrons. The van der Waals surface area contributed by atoms with Crippen molar-refractivity contribution in [3.8, 4) is 5.75 Å². The summed E-state index contributed by atoms with van der Waals surface area (Å²) in [4.78, 5) is 0. The third kappa shape index (κ3) is 3.85. The summed E-state index contributed by atoms with van der Waals surface area (Å²) in [5, 5.41) is 9.62. The highest BCUT2D eigenvalue weighted by molar-refractivity contribution is 5.32. The first-order chi connectivity index (χ1) is 8.00. The molecule has 0 aliphatic carbocycles. The first-order valence-corrected chi connectivity index (χ1v) is 5.04. The van der Waals surface area contributed by atoms with Gasteiger partial charge < -0.3 is 15.6 Å². The van der Waals surface area contributed by atoms with E-state index < -0.39 is 29.6 Å². The summed E-state index contributed by atoms with van der Waals surface area (Å²) in [5.41, 5.74) is 4.12. The summed E-state index contributed by atoms with van der Waals surface area (Å²) >= 11 is 0. The molecule has 1 rings (SSSR count). The smallest absolute Gasteiger partial charge is 0.406 e. The summed E-state index contributed by atoms with van der Waals surface area (Å²) in [6.45, 7) is 2.74. The molecule has 0 aliphatic heterocycles. The molecular formula is C11H13F4NO2. The normalized spacial score (nSPS) is 14.4. The van der Waals surface area contributed by atoms with Crippen LogP contribution in [0.1, 0.15) is 25.5 Å². The van der Waals surface area contributed by atoms with Gasteiger partial charge in [0.25, 0.3) is 0 Å². The molecule has 1 atom stereocenters. The summed E-state index contributed by atoms with van der Waals surface area (Å²) < 4.78 is 52.9. The number of halogens is 4. The van der Waals surface area contributed by atoms with E-state index in [4.69, 9.17) is 5.73 Å².